The second-order valence-electron chi connectivity index (χ2n) is 2.00. The van der Waals surface area contributed by atoms with Crippen molar-refractivity contribution in [2.75, 3.05) is 18.1 Å². The molecule has 0 saturated heterocycles. The van der Waals surface area contributed by atoms with Crippen LogP contribution >= 0.6 is 23.1 Å². The van der Waals surface area contributed by atoms with Crippen molar-refractivity contribution in [3.05, 3.63) is 0 Å². The number of nitrogens with zero attached hydrogens (tertiary/aromatic N) is 2. The highest BCUT2D eigenvalue weighted by molar-refractivity contribution is 8.01. The van der Waals surface area contributed by atoms with E-state index in [2.05, 4.69) is 14.4 Å². The molecule has 0 aliphatic carbocycles. The molecule has 0 atom stereocenters. The molecule has 0 unspecified atom stereocenters. The predicted molar refractivity (Wildman–Crippen MR) is 52.5 cm³/mol. The van der Waals surface area contributed by atoms with Crippen molar-refractivity contribution in [2.24, 2.45) is 0 Å². The average molecular weight is 257 g/mol. The molecule has 0 aliphatic rings. The van der Waals surface area contributed by atoms with Gasteiger partial charge in [-0.05, 0) is 0 Å². The maximum absolute atomic E-state index is 10.1. The number of nitrogen functional groups attached to an aromatic ring is 1. The summed E-state index contributed by atoms with van der Waals surface area (Å²) in [5, 5.41) is 7.60. The standard InChI is InChI=1S/C4H7N3O4S3/c5-3-6-7-4(13-3)12-2-1-11-14(8,9)10/h1-2H2,(H2,5,6)(H,8,9,10). The maximum Gasteiger partial charge on any atom is 0.397 e. The Balaban J connectivity index is 2.23. The SMILES string of the molecule is Nc1nnc(SCCOS(=O)(=O)O)s1. The molecule has 0 aromatic carbocycles. The summed E-state index contributed by atoms with van der Waals surface area (Å²) in [6, 6.07) is 0. The highest BCUT2D eigenvalue weighted by Gasteiger charge is 2.05. The molecule has 0 saturated carbocycles. The molecule has 0 spiro atoms. The monoisotopic (exact) mass is 257 g/mol. The van der Waals surface area contributed by atoms with E-state index in [-0.39, 0.29) is 6.61 Å². The summed E-state index contributed by atoms with van der Waals surface area (Å²) < 4.78 is 33.2. The molecule has 80 valence electrons. The lowest BCUT2D eigenvalue weighted by Crippen LogP contribution is -2.06. The summed E-state index contributed by atoms with van der Waals surface area (Å²) in [6.45, 7) is -0.122. The van der Waals surface area contributed by atoms with Gasteiger partial charge in [-0.1, -0.05) is 23.1 Å². The zero-order chi connectivity index (χ0) is 10.6. The van der Waals surface area contributed by atoms with Gasteiger partial charge in [0.25, 0.3) is 0 Å². The van der Waals surface area contributed by atoms with E-state index in [9.17, 15) is 8.42 Å². The lowest BCUT2D eigenvalue weighted by atomic mass is 10.9. The van der Waals surface area contributed by atoms with Gasteiger partial charge < -0.3 is 5.73 Å². The Labute approximate surface area is 88.6 Å². The molecule has 1 aromatic rings. The van der Waals surface area contributed by atoms with E-state index in [4.69, 9.17) is 10.3 Å². The van der Waals surface area contributed by atoms with Gasteiger partial charge in [0.15, 0.2) is 4.34 Å². The number of thioether (sulfide) groups is 1. The van der Waals surface area contributed by atoms with Crippen molar-refractivity contribution in [1.82, 2.24) is 10.2 Å². The number of aromatic nitrogens is 2. The van der Waals surface area contributed by atoms with Crippen molar-refractivity contribution < 1.29 is 17.2 Å². The molecular formula is C4H7N3O4S3. The maximum atomic E-state index is 10.1. The molecule has 0 aliphatic heterocycles. The second kappa shape index (κ2) is 4.89. The van der Waals surface area contributed by atoms with Crippen LogP contribution in [0.25, 0.3) is 0 Å². The molecule has 1 heterocycles. The zero-order valence-electron chi connectivity index (χ0n) is 6.78. The van der Waals surface area contributed by atoms with Crippen LogP contribution < -0.4 is 5.73 Å². The van der Waals surface area contributed by atoms with Crippen LogP contribution in [0, 0.1) is 0 Å². The Hall–Kier alpha value is -0.420. The van der Waals surface area contributed by atoms with E-state index in [1.54, 1.807) is 0 Å². The normalized spacial score (nSPS) is 11.8. The topological polar surface area (TPSA) is 115 Å². The van der Waals surface area contributed by atoms with E-state index in [0.717, 1.165) is 0 Å². The highest BCUT2D eigenvalue weighted by atomic mass is 32.3. The Kier molecular flexibility index (Phi) is 4.07. The molecule has 7 nitrogen and oxygen atoms in total. The minimum atomic E-state index is -4.34. The van der Waals surface area contributed by atoms with Crippen molar-refractivity contribution in [2.45, 2.75) is 4.34 Å². The quantitative estimate of drug-likeness (QED) is 0.431. The summed E-state index contributed by atoms with van der Waals surface area (Å²) >= 11 is 2.44. The molecule has 10 heteroatoms. The van der Waals surface area contributed by atoms with Gasteiger partial charge in [0, 0.05) is 5.75 Å². The van der Waals surface area contributed by atoms with E-state index in [1.807, 2.05) is 0 Å². The van der Waals surface area contributed by atoms with Crippen LogP contribution in [0.15, 0.2) is 4.34 Å². The molecule has 1 aromatic heterocycles. The van der Waals surface area contributed by atoms with Crippen LogP contribution in [0.1, 0.15) is 0 Å². The Morgan fingerprint density at radius 1 is 1.57 bits per heavy atom. The smallest absolute Gasteiger partial charge is 0.374 e. The molecule has 3 N–H and O–H groups in total. The first kappa shape index (κ1) is 11.7. The van der Waals surface area contributed by atoms with E-state index in [1.165, 1.54) is 23.1 Å². The van der Waals surface area contributed by atoms with Gasteiger partial charge in [-0.25, -0.2) is 4.18 Å². The molecule has 1 rings (SSSR count). The summed E-state index contributed by atoms with van der Waals surface area (Å²) in [5.41, 5.74) is 5.32. The third-order valence-electron chi connectivity index (χ3n) is 0.963. The second-order valence-corrected chi connectivity index (χ2v) is 5.45. The number of anilines is 1. The first-order valence-corrected chi connectivity index (χ1v) is 6.48. The minimum Gasteiger partial charge on any atom is -0.374 e. The van der Waals surface area contributed by atoms with Crippen molar-refractivity contribution in [3.63, 3.8) is 0 Å². The fraction of sp³-hybridized carbons (Fsp3) is 0.500. The average Bonchev–Trinajstić information content (AvgIpc) is 2.44. The van der Waals surface area contributed by atoms with Crippen LogP contribution in [-0.4, -0.2) is 35.5 Å². The van der Waals surface area contributed by atoms with Crippen LogP contribution in [0.2, 0.25) is 0 Å². The summed E-state index contributed by atoms with van der Waals surface area (Å²) in [7, 11) is -4.34. The molecule has 0 fully saturated rings. The molecule has 0 radical (unpaired) electrons. The van der Waals surface area contributed by atoms with Gasteiger partial charge in [0.05, 0.1) is 6.61 Å². The van der Waals surface area contributed by atoms with Crippen molar-refractivity contribution in [3.8, 4) is 0 Å². The van der Waals surface area contributed by atoms with Gasteiger partial charge in [0.1, 0.15) is 0 Å². The van der Waals surface area contributed by atoms with Crippen LogP contribution in [0.3, 0.4) is 0 Å². The van der Waals surface area contributed by atoms with Crippen LogP contribution in [0.5, 0.6) is 0 Å². The number of hydrogen-bond acceptors (Lipinski definition) is 8. The molecule has 0 bridgehead atoms. The Morgan fingerprint density at radius 3 is 2.79 bits per heavy atom. The van der Waals surface area contributed by atoms with Gasteiger partial charge >= 0.3 is 10.4 Å². The molecule has 0 amide bonds. The van der Waals surface area contributed by atoms with Gasteiger partial charge in [-0.2, -0.15) is 8.42 Å². The van der Waals surface area contributed by atoms with Crippen LogP contribution in [-0.2, 0) is 14.6 Å². The first-order valence-electron chi connectivity index (χ1n) is 3.31. The van der Waals surface area contributed by atoms with Gasteiger partial charge in [0.2, 0.25) is 5.13 Å². The minimum absolute atomic E-state index is 0.122. The fourth-order valence-electron chi connectivity index (χ4n) is 0.547. The third kappa shape index (κ3) is 4.72. The lowest BCUT2D eigenvalue weighted by Gasteiger charge is -1.96. The van der Waals surface area contributed by atoms with Crippen LogP contribution in [0.4, 0.5) is 5.13 Å². The van der Waals surface area contributed by atoms with E-state index >= 15 is 0 Å². The largest absolute Gasteiger partial charge is 0.397 e. The Bertz CT molecular complexity index is 388. The van der Waals surface area contributed by atoms with Gasteiger partial charge in [-0.15, -0.1) is 10.2 Å². The zero-order valence-corrected chi connectivity index (χ0v) is 9.23. The third-order valence-corrected chi connectivity index (χ3v) is 3.28. The first-order chi connectivity index (χ1) is 6.47. The summed E-state index contributed by atoms with van der Waals surface area (Å²) in [4.78, 5) is 0. The number of rotatable bonds is 5. The molecule has 14 heavy (non-hydrogen) atoms. The lowest BCUT2D eigenvalue weighted by molar-refractivity contribution is 0.285. The van der Waals surface area contributed by atoms with Crippen molar-refractivity contribution in [1.29, 1.82) is 0 Å². The van der Waals surface area contributed by atoms with E-state index < -0.39 is 10.4 Å². The predicted octanol–water partition coefficient (Wildman–Crippen LogP) is 0.0318. The Morgan fingerprint density at radius 2 is 2.29 bits per heavy atom. The number of hydrogen-bond donors (Lipinski definition) is 2. The fourth-order valence-corrected chi connectivity index (χ4v) is 2.47. The number of nitrogens with two attached hydrogens (primary N) is 1. The van der Waals surface area contributed by atoms with Crippen molar-refractivity contribution >= 4 is 38.6 Å². The van der Waals surface area contributed by atoms with E-state index in [0.29, 0.717) is 15.2 Å². The highest BCUT2D eigenvalue weighted by Crippen LogP contribution is 2.22. The summed E-state index contributed by atoms with van der Waals surface area (Å²) in [6.07, 6.45) is 0. The molecular weight excluding hydrogens is 250 g/mol. The van der Waals surface area contributed by atoms with Gasteiger partial charge in [-0.3, -0.25) is 4.55 Å². The summed E-state index contributed by atoms with van der Waals surface area (Å²) in [5.74, 6) is 0.342.